The first-order valence-electron chi connectivity index (χ1n) is 7.94. The van der Waals surface area contributed by atoms with E-state index >= 15 is 0 Å². The Morgan fingerprint density at radius 3 is 2.24 bits per heavy atom. The molecular weight excluding hydrogens is 328 g/mol. The maximum Gasteiger partial charge on any atom is 0.337 e. The Balaban J connectivity index is 1.78. The van der Waals surface area contributed by atoms with Crippen LogP contribution in [0, 0.1) is 0 Å². The third-order valence-corrected chi connectivity index (χ3v) is 4.78. The van der Waals surface area contributed by atoms with Crippen molar-refractivity contribution in [1.29, 1.82) is 0 Å². The summed E-state index contributed by atoms with van der Waals surface area (Å²) in [6, 6.07) is 26.0. The number of hydrogen-bond donors (Lipinski definition) is 0. The Labute approximate surface area is 152 Å². The fourth-order valence-electron chi connectivity index (χ4n) is 2.36. The van der Waals surface area contributed by atoms with Gasteiger partial charge in [0.15, 0.2) is 0 Å². The molecule has 0 spiro atoms. The van der Waals surface area contributed by atoms with Gasteiger partial charge in [-0.15, -0.1) is 0 Å². The van der Waals surface area contributed by atoms with Gasteiger partial charge in [0.05, 0.1) is 12.7 Å². The van der Waals surface area contributed by atoms with E-state index in [0.29, 0.717) is 5.56 Å². The largest absolute Gasteiger partial charge is 0.465 e. The van der Waals surface area contributed by atoms with Crippen LogP contribution < -0.4 is 0 Å². The van der Waals surface area contributed by atoms with Gasteiger partial charge < -0.3 is 4.74 Å². The normalized spacial score (nSPS) is 10.8. The van der Waals surface area contributed by atoms with Crippen molar-refractivity contribution < 1.29 is 9.53 Å². The third-order valence-electron chi connectivity index (χ3n) is 3.68. The molecule has 3 aromatic carbocycles. The fourth-order valence-corrected chi connectivity index (χ4v) is 3.31. The van der Waals surface area contributed by atoms with Gasteiger partial charge in [0.1, 0.15) is 0 Å². The van der Waals surface area contributed by atoms with E-state index in [1.165, 1.54) is 16.9 Å². The monoisotopic (exact) mass is 346 g/mol. The molecule has 0 aromatic heterocycles. The van der Waals surface area contributed by atoms with Gasteiger partial charge in [0.25, 0.3) is 0 Å². The Morgan fingerprint density at radius 1 is 0.840 bits per heavy atom. The summed E-state index contributed by atoms with van der Waals surface area (Å²) < 4.78 is 4.72. The average Bonchev–Trinajstić information content (AvgIpc) is 2.68. The van der Waals surface area contributed by atoms with Gasteiger partial charge in [-0.1, -0.05) is 72.4 Å². The van der Waals surface area contributed by atoms with E-state index in [4.69, 9.17) is 4.74 Å². The molecule has 0 aliphatic heterocycles. The molecule has 0 heterocycles. The lowest BCUT2D eigenvalue weighted by molar-refractivity contribution is 0.0600. The summed E-state index contributed by atoms with van der Waals surface area (Å²) in [5.74, 6) is -0.319. The lowest BCUT2D eigenvalue weighted by Crippen LogP contribution is -2.00. The van der Waals surface area contributed by atoms with Crippen LogP contribution in [0.15, 0.2) is 88.7 Å². The molecule has 0 atom stereocenters. The second-order valence-electron chi connectivity index (χ2n) is 5.40. The van der Waals surface area contributed by atoms with E-state index in [9.17, 15) is 4.79 Å². The average molecular weight is 346 g/mol. The Hall–Kier alpha value is -2.78. The molecule has 0 fully saturated rings. The van der Waals surface area contributed by atoms with E-state index in [2.05, 4.69) is 30.3 Å². The lowest BCUT2D eigenvalue weighted by atomic mass is 10.1. The van der Waals surface area contributed by atoms with Crippen LogP contribution in [0.3, 0.4) is 0 Å². The van der Waals surface area contributed by atoms with E-state index in [-0.39, 0.29) is 5.97 Å². The van der Waals surface area contributed by atoms with Gasteiger partial charge in [0.2, 0.25) is 0 Å². The van der Waals surface area contributed by atoms with E-state index in [1.54, 1.807) is 23.9 Å². The number of hydrogen-bond acceptors (Lipinski definition) is 3. The van der Waals surface area contributed by atoms with Crippen LogP contribution >= 0.6 is 11.8 Å². The minimum Gasteiger partial charge on any atom is -0.465 e. The quantitative estimate of drug-likeness (QED) is 0.432. The highest BCUT2D eigenvalue weighted by molar-refractivity contribution is 7.99. The molecule has 2 nitrogen and oxygen atoms in total. The number of rotatable bonds is 5. The first kappa shape index (κ1) is 17.1. The second-order valence-corrected chi connectivity index (χ2v) is 6.52. The molecule has 3 rings (SSSR count). The van der Waals surface area contributed by atoms with Gasteiger partial charge in [-0.2, -0.15) is 0 Å². The van der Waals surface area contributed by atoms with Gasteiger partial charge >= 0.3 is 5.97 Å². The van der Waals surface area contributed by atoms with Crippen LogP contribution in [0.5, 0.6) is 0 Å². The molecule has 0 saturated carbocycles. The summed E-state index contributed by atoms with van der Waals surface area (Å²) in [6.45, 7) is 0. The van der Waals surface area contributed by atoms with Crippen LogP contribution in [0.2, 0.25) is 0 Å². The molecule has 3 heteroatoms. The first-order chi connectivity index (χ1) is 12.3. The van der Waals surface area contributed by atoms with Crippen molar-refractivity contribution in [2.24, 2.45) is 0 Å². The number of carbonyl (C=O) groups excluding carboxylic acids is 1. The van der Waals surface area contributed by atoms with Crippen molar-refractivity contribution in [3.63, 3.8) is 0 Å². The molecule has 0 bridgehead atoms. The summed E-state index contributed by atoms with van der Waals surface area (Å²) in [5, 5.41) is 0. The molecule has 0 saturated heterocycles. The van der Waals surface area contributed by atoms with Crippen LogP contribution in [0.1, 0.15) is 21.5 Å². The molecule has 25 heavy (non-hydrogen) atoms. The number of methoxy groups -OCH3 is 1. The van der Waals surface area contributed by atoms with E-state index in [1.807, 2.05) is 48.5 Å². The Morgan fingerprint density at radius 2 is 1.52 bits per heavy atom. The van der Waals surface area contributed by atoms with E-state index in [0.717, 1.165) is 11.1 Å². The third kappa shape index (κ3) is 4.61. The standard InChI is InChI=1S/C22H18O2S/c1-24-22(23)19-15-12-17(13-16-19)11-14-18-7-5-6-10-21(18)25-20-8-3-2-4-9-20/h2-16H,1H3. The minimum absolute atomic E-state index is 0.319. The summed E-state index contributed by atoms with van der Waals surface area (Å²) in [5.41, 5.74) is 2.75. The van der Waals surface area contributed by atoms with E-state index < -0.39 is 0 Å². The van der Waals surface area contributed by atoms with Crippen molar-refractivity contribution in [2.45, 2.75) is 9.79 Å². The second kappa shape index (κ2) is 8.36. The van der Waals surface area contributed by atoms with Crippen molar-refractivity contribution >= 4 is 29.9 Å². The van der Waals surface area contributed by atoms with Gasteiger partial charge in [-0.3, -0.25) is 0 Å². The highest BCUT2D eigenvalue weighted by Crippen LogP contribution is 2.31. The predicted molar refractivity (Wildman–Crippen MR) is 104 cm³/mol. The molecule has 0 unspecified atom stereocenters. The Kier molecular flexibility index (Phi) is 5.70. The molecule has 0 amide bonds. The number of ether oxygens (including phenoxy) is 1. The smallest absolute Gasteiger partial charge is 0.337 e. The molecule has 124 valence electrons. The van der Waals surface area contributed by atoms with Crippen LogP contribution in [-0.2, 0) is 4.74 Å². The van der Waals surface area contributed by atoms with Crippen LogP contribution in [0.25, 0.3) is 12.2 Å². The SMILES string of the molecule is COC(=O)c1ccc(C=Cc2ccccc2Sc2ccccc2)cc1. The molecular formula is C22H18O2S. The zero-order valence-corrected chi connectivity index (χ0v) is 14.7. The van der Waals surface area contributed by atoms with Crippen molar-refractivity contribution in [3.05, 3.63) is 95.6 Å². The summed E-state index contributed by atoms with van der Waals surface area (Å²) >= 11 is 1.75. The summed E-state index contributed by atoms with van der Waals surface area (Å²) in [4.78, 5) is 13.9. The van der Waals surface area contributed by atoms with Crippen molar-refractivity contribution in [2.75, 3.05) is 7.11 Å². The van der Waals surface area contributed by atoms with Gasteiger partial charge in [0, 0.05) is 9.79 Å². The summed E-state index contributed by atoms with van der Waals surface area (Å²) in [6.07, 6.45) is 4.14. The molecule has 0 aliphatic carbocycles. The zero-order chi connectivity index (χ0) is 17.5. The first-order valence-corrected chi connectivity index (χ1v) is 8.76. The van der Waals surface area contributed by atoms with Gasteiger partial charge in [-0.05, 0) is 41.5 Å². The maximum atomic E-state index is 11.5. The van der Waals surface area contributed by atoms with Crippen LogP contribution in [-0.4, -0.2) is 13.1 Å². The lowest BCUT2D eigenvalue weighted by Gasteiger charge is -2.06. The Bertz CT molecular complexity index is 868. The number of benzene rings is 3. The van der Waals surface area contributed by atoms with Crippen LogP contribution in [0.4, 0.5) is 0 Å². The molecule has 0 N–H and O–H groups in total. The predicted octanol–water partition coefficient (Wildman–Crippen LogP) is 5.79. The number of carbonyl (C=O) groups is 1. The highest BCUT2D eigenvalue weighted by atomic mass is 32.2. The van der Waals surface area contributed by atoms with Crippen molar-refractivity contribution in [3.8, 4) is 0 Å². The topological polar surface area (TPSA) is 26.3 Å². The minimum atomic E-state index is -0.319. The molecule has 0 aliphatic rings. The van der Waals surface area contributed by atoms with Gasteiger partial charge in [-0.25, -0.2) is 4.79 Å². The fraction of sp³-hybridized carbons (Fsp3) is 0.0455. The highest BCUT2D eigenvalue weighted by Gasteiger charge is 2.04. The zero-order valence-electron chi connectivity index (χ0n) is 13.9. The molecule has 0 radical (unpaired) electrons. The maximum absolute atomic E-state index is 11.5. The summed E-state index contributed by atoms with van der Waals surface area (Å²) in [7, 11) is 1.39. The molecule has 3 aromatic rings. The van der Waals surface area contributed by atoms with Crippen molar-refractivity contribution in [1.82, 2.24) is 0 Å². The number of esters is 1.